The highest BCUT2D eigenvalue weighted by Gasteiger charge is 2.09. The van der Waals surface area contributed by atoms with Crippen LogP contribution in [-0.4, -0.2) is 18.1 Å². The molecular formula is C13H13NO3. The fourth-order valence-corrected chi connectivity index (χ4v) is 1.50. The van der Waals surface area contributed by atoms with Gasteiger partial charge < -0.3 is 14.5 Å². The highest BCUT2D eigenvalue weighted by Crippen LogP contribution is 2.18. The molecule has 0 bridgehead atoms. The lowest BCUT2D eigenvalue weighted by atomic mass is 10.2. The lowest BCUT2D eigenvalue weighted by molar-refractivity contribution is 0.0464. The molecule has 0 aliphatic carbocycles. The minimum absolute atomic E-state index is 0.196. The van der Waals surface area contributed by atoms with E-state index in [1.165, 1.54) is 0 Å². The van der Waals surface area contributed by atoms with Crippen LogP contribution in [0.2, 0.25) is 0 Å². The van der Waals surface area contributed by atoms with Crippen LogP contribution in [0.15, 0.2) is 42.6 Å². The third-order valence-electron chi connectivity index (χ3n) is 2.37. The highest BCUT2D eigenvalue weighted by atomic mass is 16.5. The molecule has 0 aliphatic heterocycles. The third kappa shape index (κ3) is 2.66. The number of benzene rings is 1. The average Bonchev–Trinajstić information content (AvgIpc) is 2.90. The average molecular weight is 231 g/mol. The lowest BCUT2D eigenvalue weighted by Gasteiger charge is -2.08. The number of esters is 1. The van der Waals surface area contributed by atoms with Gasteiger partial charge in [0.25, 0.3) is 0 Å². The summed E-state index contributed by atoms with van der Waals surface area (Å²) in [5.41, 5.74) is 1.29. The van der Waals surface area contributed by atoms with Gasteiger partial charge in [0, 0.05) is 11.8 Å². The minimum atomic E-state index is -0.374. The maximum atomic E-state index is 11.6. The van der Waals surface area contributed by atoms with Crippen LogP contribution >= 0.6 is 0 Å². The van der Waals surface area contributed by atoms with Gasteiger partial charge in [-0.25, -0.2) is 4.79 Å². The number of ether oxygens (including phenoxy) is 2. The molecule has 1 aromatic carbocycles. The van der Waals surface area contributed by atoms with Crippen LogP contribution in [0.5, 0.6) is 5.75 Å². The standard InChI is InChI=1S/C13H13NO3/c1-16-12-7-3-2-5-10(12)9-17-13(15)11-6-4-8-14-11/h2-8,14H,9H2,1H3. The van der Waals surface area contributed by atoms with Gasteiger partial charge in [-0.15, -0.1) is 0 Å². The molecule has 0 radical (unpaired) electrons. The summed E-state index contributed by atoms with van der Waals surface area (Å²) in [6.07, 6.45) is 1.68. The second-order valence-corrected chi connectivity index (χ2v) is 3.47. The summed E-state index contributed by atoms with van der Waals surface area (Å²) in [6.45, 7) is 0.196. The Morgan fingerprint density at radius 2 is 2.06 bits per heavy atom. The number of nitrogens with one attached hydrogen (secondary N) is 1. The second-order valence-electron chi connectivity index (χ2n) is 3.47. The molecule has 0 amide bonds. The monoisotopic (exact) mass is 231 g/mol. The molecule has 1 aromatic heterocycles. The number of aromatic nitrogens is 1. The lowest BCUT2D eigenvalue weighted by Crippen LogP contribution is -2.06. The van der Waals surface area contributed by atoms with Gasteiger partial charge in [0.2, 0.25) is 0 Å². The van der Waals surface area contributed by atoms with Gasteiger partial charge >= 0.3 is 5.97 Å². The quantitative estimate of drug-likeness (QED) is 0.822. The number of aromatic amines is 1. The van der Waals surface area contributed by atoms with Crippen molar-refractivity contribution in [3.63, 3.8) is 0 Å². The molecule has 4 nitrogen and oxygen atoms in total. The Morgan fingerprint density at radius 3 is 2.76 bits per heavy atom. The van der Waals surface area contributed by atoms with Crippen LogP contribution in [0.3, 0.4) is 0 Å². The Morgan fingerprint density at radius 1 is 1.24 bits per heavy atom. The zero-order valence-corrected chi connectivity index (χ0v) is 9.47. The van der Waals surface area contributed by atoms with Crippen molar-refractivity contribution in [1.82, 2.24) is 4.98 Å². The van der Waals surface area contributed by atoms with Crippen molar-refractivity contribution in [3.05, 3.63) is 53.9 Å². The van der Waals surface area contributed by atoms with Crippen molar-refractivity contribution in [1.29, 1.82) is 0 Å². The van der Waals surface area contributed by atoms with Crippen LogP contribution in [0.25, 0.3) is 0 Å². The molecule has 0 atom stereocenters. The van der Waals surface area contributed by atoms with E-state index in [0.29, 0.717) is 11.4 Å². The first-order valence-electron chi connectivity index (χ1n) is 5.23. The van der Waals surface area contributed by atoms with E-state index in [-0.39, 0.29) is 12.6 Å². The van der Waals surface area contributed by atoms with E-state index >= 15 is 0 Å². The van der Waals surface area contributed by atoms with Gasteiger partial charge in [0.15, 0.2) is 0 Å². The molecule has 2 rings (SSSR count). The normalized spacial score (nSPS) is 9.94. The molecule has 0 saturated heterocycles. The van der Waals surface area contributed by atoms with Gasteiger partial charge in [-0.05, 0) is 18.2 Å². The number of rotatable bonds is 4. The zero-order chi connectivity index (χ0) is 12.1. The van der Waals surface area contributed by atoms with E-state index in [4.69, 9.17) is 9.47 Å². The predicted molar refractivity (Wildman–Crippen MR) is 62.9 cm³/mol. The number of para-hydroxylation sites is 1. The third-order valence-corrected chi connectivity index (χ3v) is 2.37. The molecular weight excluding hydrogens is 218 g/mol. The molecule has 4 heteroatoms. The van der Waals surface area contributed by atoms with E-state index in [0.717, 1.165) is 5.56 Å². The van der Waals surface area contributed by atoms with Crippen LogP contribution in [-0.2, 0) is 11.3 Å². The molecule has 1 N–H and O–H groups in total. The first-order chi connectivity index (χ1) is 8.31. The van der Waals surface area contributed by atoms with Crippen LogP contribution in [0.4, 0.5) is 0 Å². The summed E-state index contributed by atoms with van der Waals surface area (Å²) in [7, 11) is 1.59. The summed E-state index contributed by atoms with van der Waals surface area (Å²) < 4.78 is 10.3. The summed E-state index contributed by atoms with van der Waals surface area (Å²) in [4.78, 5) is 14.4. The van der Waals surface area contributed by atoms with E-state index in [1.54, 1.807) is 25.4 Å². The van der Waals surface area contributed by atoms with Crippen LogP contribution < -0.4 is 4.74 Å². The van der Waals surface area contributed by atoms with E-state index in [1.807, 2.05) is 24.3 Å². The summed E-state index contributed by atoms with van der Waals surface area (Å²) in [6, 6.07) is 10.9. The zero-order valence-electron chi connectivity index (χ0n) is 9.47. The van der Waals surface area contributed by atoms with Gasteiger partial charge in [-0.3, -0.25) is 0 Å². The van der Waals surface area contributed by atoms with Crippen molar-refractivity contribution in [2.24, 2.45) is 0 Å². The fourth-order valence-electron chi connectivity index (χ4n) is 1.50. The van der Waals surface area contributed by atoms with Crippen molar-refractivity contribution < 1.29 is 14.3 Å². The highest BCUT2D eigenvalue weighted by molar-refractivity contribution is 5.87. The van der Waals surface area contributed by atoms with Crippen LogP contribution in [0, 0.1) is 0 Å². The van der Waals surface area contributed by atoms with Gasteiger partial charge in [-0.2, -0.15) is 0 Å². The molecule has 88 valence electrons. The van der Waals surface area contributed by atoms with Gasteiger partial charge in [-0.1, -0.05) is 18.2 Å². The molecule has 0 aliphatic rings. The topological polar surface area (TPSA) is 51.3 Å². The van der Waals surface area contributed by atoms with E-state index in [9.17, 15) is 4.79 Å². The van der Waals surface area contributed by atoms with Gasteiger partial charge in [0.1, 0.15) is 18.1 Å². The first-order valence-corrected chi connectivity index (χ1v) is 5.23. The van der Waals surface area contributed by atoms with Crippen molar-refractivity contribution in [3.8, 4) is 5.75 Å². The molecule has 17 heavy (non-hydrogen) atoms. The number of methoxy groups -OCH3 is 1. The molecule has 1 heterocycles. The second kappa shape index (κ2) is 5.21. The summed E-state index contributed by atoms with van der Waals surface area (Å²) in [5, 5.41) is 0. The number of carbonyl (C=O) groups is 1. The Labute approximate surface area is 99.2 Å². The molecule has 0 spiro atoms. The maximum absolute atomic E-state index is 11.6. The molecule has 0 unspecified atom stereocenters. The largest absolute Gasteiger partial charge is 0.496 e. The molecule has 0 fully saturated rings. The van der Waals surface area contributed by atoms with Crippen LogP contribution in [0.1, 0.15) is 16.1 Å². The number of carbonyl (C=O) groups excluding carboxylic acids is 1. The number of hydrogen-bond donors (Lipinski definition) is 1. The Hall–Kier alpha value is -2.23. The Balaban J connectivity index is 2.00. The summed E-state index contributed by atoms with van der Waals surface area (Å²) >= 11 is 0. The summed E-state index contributed by atoms with van der Waals surface area (Å²) in [5.74, 6) is 0.340. The maximum Gasteiger partial charge on any atom is 0.355 e. The Bertz CT molecular complexity index is 491. The van der Waals surface area contributed by atoms with E-state index < -0.39 is 0 Å². The SMILES string of the molecule is COc1ccccc1COC(=O)c1ccc[nH]1. The van der Waals surface area contributed by atoms with Crippen molar-refractivity contribution in [2.75, 3.05) is 7.11 Å². The van der Waals surface area contributed by atoms with Gasteiger partial charge in [0.05, 0.1) is 7.11 Å². The number of H-pyrrole nitrogens is 1. The van der Waals surface area contributed by atoms with Crippen molar-refractivity contribution in [2.45, 2.75) is 6.61 Å². The smallest absolute Gasteiger partial charge is 0.355 e. The number of hydrogen-bond acceptors (Lipinski definition) is 3. The van der Waals surface area contributed by atoms with Crippen molar-refractivity contribution >= 4 is 5.97 Å². The molecule has 2 aromatic rings. The fraction of sp³-hybridized carbons (Fsp3) is 0.154. The minimum Gasteiger partial charge on any atom is -0.496 e. The predicted octanol–water partition coefficient (Wildman–Crippen LogP) is 2.38. The van der Waals surface area contributed by atoms with E-state index in [2.05, 4.69) is 4.98 Å². The first kappa shape index (κ1) is 11.3. The Kier molecular flexibility index (Phi) is 3.45. The molecule has 0 saturated carbocycles.